The molecule has 0 aromatic carbocycles. The fourth-order valence-electron chi connectivity index (χ4n) is 2.23. The summed E-state index contributed by atoms with van der Waals surface area (Å²) in [7, 11) is 1.74. The lowest BCUT2D eigenvalue weighted by molar-refractivity contribution is -0.00221. The zero-order chi connectivity index (χ0) is 10.9. The van der Waals surface area contributed by atoms with E-state index in [4.69, 9.17) is 9.47 Å². The highest BCUT2D eigenvalue weighted by Gasteiger charge is 2.24. The summed E-state index contributed by atoms with van der Waals surface area (Å²) in [5.41, 5.74) is 0. The lowest BCUT2D eigenvalue weighted by Gasteiger charge is -2.32. The fraction of sp³-hybridized carbons (Fsp3) is 1.00. The molecular weight excluding hydrogens is 190 g/mol. The lowest BCUT2D eigenvalue weighted by Crippen LogP contribution is -2.43. The minimum Gasteiger partial charge on any atom is -0.385 e. The molecule has 15 heavy (non-hydrogen) atoms. The smallest absolute Gasteiger partial charge is 0.0728 e. The third kappa shape index (κ3) is 4.96. The van der Waals surface area contributed by atoms with Crippen molar-refractivity contribution in [2.75, 3.05) is 26.9 Å². The average molecular weight is 215 g/mol. The highest BCUT2D eigenvalue weighted by molar-refractivity contribution is 4.81. The standard InChI is InChI=1S/C12H25NO2/c1-3-13-11-7-4-5-8-12(11)15-10-6-9-14-2/h11-13H,3-10H2,1-2H3. The van der Waals surface area contributed by atoms with Gasteiger partial charge in [-0.15, -0.1) is 0 Å². The first-order valence-electron chi connectivity index (χ1n) is 6.22. The number of likely N-dealkylation sites (N-methyl/N-ethyl adjacent to an activating group) is 1. The van der Waals surface area contributed by atoms with Crippen LogP contribution in [0.5, 0.6) is 0 Å². The quantitative estimate of drug-likeness (QED) is 0.659. The van der Waals surface area contributed by atoms with Crippen LogP contribution in [0.3, 0.4) is 0 Å². The number of ether oxygens (including phenoxy) is 2. The summed E-state index contributed by atoms with van der Waals surface area (Å²) in [6, 6.07) is 0.575. The van der Waals surface area contributed by atoms with E-state index in [9.17, 15) is 0 Å². The van der Waals surface area contributed by atoms with Crippen molar-refractivity contribution >= 4 is 0 Å². The normalized spacial score (nSPS) is 26.8. The molecule has 1 aliphatic carbocycles. The maximum atomic E-state index is 5.91. The Bertz CT molecular complexity index is 151. The van der Waals surface area contributed by atoms with Crippen LogP contribution < -0.4 is 5.32 Å². The molecule has 0 radical (unpaired) electrons. The minimum atomic E-state index is 0.426. The second-order valence-corrected chi connectivity index (χ2v) is 4.20. The van der Waals surface area contributed by atoms with Gasteiger partial charge in [0.2, 0.25) is 0 Å². The van der Waals surface area contributed by atoms with Crippen molar-refractivity contribution in [1.82, 2.24) is 5.32 Å². The van der Waals surface area contributed by atoms with Gasteiger partial charge in [0, 0.05) is 26.4 Å². The third-order valence-corrected chi connectivity index (χ3v) is 2.99. The van der Waals surface area contributed by atoms with Gasteiger partial charge in [-0.1, -0.05) is 19.8 Å². The highest BCUT2D eigenvalue weighted by Crippen LogP contribution is 2.21. The molecule has 0 bridgehead atoms. The van der Waals surface area contributed by atoms with Crippen LogP contribution in [0.2, 0.25) is 0 Å². The molecule has 3 nitrogen and oxygen atoms in total. The Morgan fingerprint density at radius 1 is 1.20 bits per heavy atom. The monoisotopic (exact) mass is 215 g/mol. The summed E-state index contributed by atoms with van der Waals surface area (Å²) in [4.78, 5) is 0. The van der Waals surface area contributed by atoms with Gasteiger partial charge in [-0.05, 0) is 25.8 Å². The number of hydrogen-bond donors (Lipinski definition) is 1. The Hall–Kier alpha value is -0.120. The Labute approximate surface area is 93.5 Å². The van der Waals surface area contributed by atoms with Crippen molar-refractivity contribution in [2.24, 2.45) is 0 Å². The molecule has 0 spiro atoms. The van der Waals surface area contributed by atoms with Crippen LogP contribution in [0.25, 0.3) is 0 Å². The van der Waals surface area contributed by atoms with E-state index in [-0.39, 0.29) is 0 Å². The summed E-state index contributed by atoms with van der Waals surface area (Å²) in [6.07, 6.45) is 6.57. The van der Waals surface area contributed by atoms with Crippen LogP contribution in [0.4, 0.5) is 0 Å². The largest absolute Gasteiger partial charge is 0.385 e. The first-order chi connectivity index (χ1) is 7.38. The van der Waals surface area contributed by atoms with Crippen LogP contribution in [0, 0.1) is 0 Å². The molecule has 2 atom stereocenters. The second kappa shape index (κ2) is 8.08. The van der Waals surface area contributed by atoms with E-state index >= 15 is 0 Å². The molecule has 0 heterocycles. The molecule has 3 heteroatoms. The third-order valence-electron chi connectivity index (χ3n) is 2.99. The minimum absolute atomic E-state index is 0.426. The fourth-order valence-corrected chi connectivity index (χ4v) is 2.23. The average Bonchev–Trinajstić information content (AvgIpc) is 2.27. The molecule has 1 N–H and O–H groups in total. The van der Waals surface area contributed by atoms with E-state index in [0.717, 1.165) is 26.2 Å². The Kier molecular flexibility index (Phi) is 6.98. The number of methoxy groups -OCH3 is 1. The molecule has 90 valence electrons. The number of nitrogens with one attached hydrogen (secondary N) is 1. The van der Waals surface area contributed by atoms with Crippen LogP contribution in [-0.2, 0) is 9.47 Å². The van der Waals surface area contributed by atoms with E-state index in [1.807, 2.05) is 0 Å². The molecule has 0 amide bonds. The summed E-state index contributed by atoms with van der Waals surface area (Å²) >= 11 is 0. The summed E-state index contributed by atoms with van der Waals surface area (Å²) in [5.74, 6) is 0. The SMILES string of the molecule is CCNC1CCCCC1OCCCOC. The molecular formula is C12H25NO2. The van der Waals surface area contributed by atoms with Crippen LogP contribution in [0.15, 0.2) is 0 Å². The van der Waals surface area contributed by atoms with Crippen LogP contribution in [-0.4, -0.2) is 39.0 Å². The van der Waals surface area contributed by atoms with Crippen LogP contribution >= 0.6 is 0 Å². The first-order valence-corrected chi connectivity index (χ1v) is 6.22. The molecule has 1 saturated carbocycles. The van der Waals surface area contributed by atoms with E-state index in [1.54, 1.807) is 7.11 Å². The molecule has 0 saturated heterocycles. The van der Waals surface area contributed by atoms with Gasteiger partial charge >= 0.3 is 0 Å². The predicted molar refractivity (Wildman–Crippen MR) is 62.2 cm³/mol. The summed E-state index contributed by atoms with van der Waals surface area (Å²) in [6.45, 7) is 4.85. The van der Waals surface area contributed by atoms with Gasteiger partial charge in [0.25, 0.3) is 0 Å². The molecule has 0 aromatic heterocycles. The zero-order valence-electron chi connectivity index (χ0n) is 10.1. The lowest BCUT2D eigenvalue weighted by atomic mass is 9.92. The Morgan fingerprint density at radius 3 is 2.73 bits per heavy atom. The van der Waals surface area contributed by atoms with Crippen molar-refractivity contribution in [3.8, 4) is 0 Å². The topological polar surface area (TPSA) is 30.5 Å². The molecule has 1 fully saturated rings. The van der Waals surface area contributed by atoms with Gasteiger partial charge in [-0.25, -0.2) is 0 Å². The summed E-state index contributed by atoms with van der Waals surface area (Å²) < 4.78 is 10.9. The van der Waals surface area contributed by atoms with Crippen molar-refractivity contribution in [3.63, 3.8) is 0 Å². The van der Waals surface area contributed by atoms with Crippen LogP contribution in [0.1, 0.15) is 39.0 Å². The second-order valence-electron chi connectivity index (χ2n) is 4.20. The van der Waals surface area contributed by atoms with Crippen molar-refractivity contribution < 1.29 is 9.47 Å². The maximum Gasteiger partial charge on any atom is 0.0728 e. The van der Waals surface area contributed by atoms with E-state index < -0.39 is 0 Å². The van der Waals surface area contributed by atoms with E-state index in [2.05, 4.69) is 12.2 Å². The number of hydrogen-bond acceptors (Lipinski definition) is 3. The molecule has 1 rings (SSSR count). The van der Waals surface area contributed by atoms with Gasteiger partial charge < -0.3 is 14.8 Å². The van der Waals surface area contributed by atoms with Gasteiger partial charge in [-0.2, -0.15) is 0 Å². The first kappa shape index (κ1) is 12.9. The molecule has 2 unspecified atom stereocenters. The number of rotatable bonds is 7. The maximum absolute atomic E-state index is 5.91. The van der Waals surface area contributed by atoms with Gasteiger partial charge in [0.1, 0.15) is 0 Å². The van der Waals surface area contributed by atoms with Crippen molar-refractivity contribution in [2.45, 2.75) is 51.2 Å². The molecule has 0 aliphatic heterocycles. The van der Waals surface area contributed by atoms with Gasteiger partial charge in [0.15, 0.2) is 0 Å². The molecule has 0 aromatic rings. The van der Waals surface area contributed by atoms with E-state index in [1.165, 1.54) is 25.7 Å². The molecule has 1 aliphatic rings. The van der Waals surface area contributed by atoms with Crippen molar-refractivity contribution in [1.29, 1.82) is 0 Å². The van der Waals surface area contributed by atoms with Crippen molar-refractivity contribution in [3.05, 3.63) is 0 Å². The predicted octanol–water partition coefficient (Wildman–Crippen LogP) is 1.96. The Morgan fingerprint density at radius 2 is 2.00 bits per heavy atom. The van der Waals surface area contributed by atoms with E-state index in [0.29, 0.717) is 12.1 Å². The zero-order valence-corrected chi connectivity index (χ0v) is 10.1. The summed E-state index contributed by atoms with van der Waals surface area (Å²) in [5, 5.41) is 3.52. The van der Waals surface area contributed by atoms with Gasteiger partial charge in [0.05, 0.1) is 6.10 Å². The highest BCUT2D eigenvalue weighted by atomic mass is 16.5. The Balaban J connectivity index is 2.17. The van der Waals surface area contributed by atoms with Gasteiger partial charge in [-0.3, -0.25) is 0 Å².